The molecule has 18 heavy (non-hydrogen) atoms. The molecule has 94 valence electrons. The number of fused-ring (bicyclic) bond motifs is 1. The van der Waals surface area contributed by atoms with Crippen molar-refractivity contribution in [3.05, 3.63) is 46.1 Å². The van der Waals surface area contributed by atoms with Crippen molar-refractivity contribution in [2.75, 3.05) is 6.54 Å². The molecule has 3 nitrogen and oxygen atoms in total. The number of carbonyl (C=O) groups is 1. The third-order valence-electron chi connectivity index (χ3n) is 3.01. The smallest absolute Gasteiger partial charge is 0.251 e. The van der Waals surface area contributed by atoms with Gasteiger partial charge in [0.15, 0.2) is 0 Å². The molecule has 4 heteroatoms. The van der Waals surface area contributed by atoms with E-state index in [9.17, 15) is 4.79 Å². The van der Waals surface area contributed by atoms with E-state index in [1.165, 1.54) is 5.56 Å². The van der Waals surface area contributed by atoms with Crippen LogP contribution in [0.5, 0.6) is 0 Å². The van der Waals surface area contributed by atoms with Crippen molar-refractivity contribution in [2.45, 2.75) is 13.8 Å². The molecule has 0 atom stereocenters. The maximum absolute atomic E-state index is 11.9. The van der Waals surface area contributed by atoms with Gasteiger partial charge in [0.2, 0.25) is 0 Å². The molecule has 0 bridgehead atoms. The second-order valence-corrected chi connectivity index (χ2v) is 5.46. The van der Waals surface area contributed by atoms with E-state index >= 15 is 0 Å². The molecule has 2 N–H and O–H groups in total. The van der Waals surface area contributed by atoms with Gasteiger partial charge in [0.1, 0.15) is 0 Å². The molecule has 0 saturated carbocycles. The highest BCUT2D eigenvalue weighted by molar-refractivity contribution is 9.11. The van der Waals surface area contributed by atoms with Crippen LogP contribution in [0.4, 0.5) is 0 Å². The van der Waals surface area contributed by atoms with Crippen LogP contribution in [-0.2, 0) is 0 Å². The molecule has 0 spiro atoms. The van der Waals surface area contributed by atoms with Crippen molar-refractivity contribution >= 4 is 32.7 Å². The zero-order valence-electron chi connectivity index (χ0n) is 10.4. The van der Waals surface area contributed by atoms with E-state index in [-0.39, 0.29) is 5.91 Å². The van der Waals surface area contributed by atoms with E-state index in [0.717, 1.165) is 21.1 Å². The second kappa shape index (κ2) is 4.98. The standard InChI is InChI=1S/C14H15BrN2O/c1-8(15)7-16-14(18)11-4-5-13-12(6-11)9(2)10(3)17-13/h4-6,17H,1,7H2,2-3H3,(H,16,18). The Morgan fingerprint density at radius 1 is 1.44 bits per heavy atom. The monoisotopic (exact) mass is 306 g/mol. The molecule has 1 heterocycles. The van der Waals surface area contributed by atoms with Crippen molar-refractivity contribution in [2.24, 2.45) is 0 Å². The predicted octanol–water partition coefficient (Wildman–Crippen LogP) is 3.42. The fraction of sp³-hybridized carbons (Fsp3) is 0.214. The van der Waals surface area contributed by atoms with Crippen LogP contribution in [0.3, 0.4) is 0 Å². The Bertz CT molecular complexity index is 628. The zero-order chi connectivity index (χ0) is 13.3. The molecule has 0 aliphatic rings. The fourth-order valence-electron chi connectivity index (χ4n) is 1.88. The summed E-state index contributed by atoms with van der Waals surface area (Å²) in [7, 11) is 0. The number of amides is 1. The summed E-state index contributed by atoms with van der Waals surface area (Å²) in [5.41, 5.74) is 4.05. The third-order valence-corrected chi connectivity index (χ3v) is 3.29. The number of halogens is 1. The van der Waals surface area contributed by atoms with Crippen LogP contribution in [-0.4, -0.2) is 17.4 Å². The Kier molecular flexibility index (Phi) is 3.57. The number of rotatable bonds is 3. The number of H-pyrrole nitrogens is 1. The molecule has 2 rings (SSSR count). The third kappa shape index (κ3) is 2.48. The van der Waals surface area contributed by atoms with Crippen LogP contribution >= 0.6 is 15.9 Å². The van der Waals surface area contributed by atoms with Crippen LogP contribution in [0.1, 0.15) is 21.6 Å². The lowest BCUT2D eigenvalue weighted by Gasteiger charge is -2.04. The van der Waals surface area contributed by atoms with Crippen molar-refractivity contribution in [3.8, 4) is 0 Å². The van der Waals surface area contributed by atoms with Crippen LogP contribution in [0.25, 0.3) is 10.9 Å². The van der Waals surface area contributed by atoms with Crippen molar-refractivity contribution in [3.63, 3.8) is 0 Å². The molecule has 0 saturated heterocycles. The topological polar surface area (TPSA) is 44.9 Å². The first-order valence-corrected chi connectivity index (χ1v) is 6.48. The van der Waals surface area contributed by atoms with Gasteiger partial charge in [-0.1, -0.05) is 22.5 Å². The minimum Gasteiger partial charge on any atom is -0.358 e. The van der Waals surface area contributed by atoms with E-state index < -0.39 is 0 Å². The maximum atomic E-state index is 11.9. The lowest BCUT2D eigenvalue weighted by atomic mass is 10.1. The maximum Gasteiger partial charge on any atom is 0.251 e. The van der Waals surface area contributed by atoms with Crippen LogP contribution in [0, 0.1) is 13.8 Å². The van der Waals surface area contributed by atoms with Crippen molar-refractivity contribution in [1.82, 2.24) is 10.3 Å². The molecular formula is C14H15BrN2O. The second-order valence-electron chi connectivity index (χ2n) is 4.34. The first kappa shape index (κ1) is 12.9. The number of aryl methyl sites for hydroxylation is 2. The largest absolute Gasteiger partial charge is 0.358 e. The summed E-state index contributed by atoms with van der Waals surface area (Å²) < 4.78 is 0.755. The van der Waals surface area contributed by atoms with E-state index in [1.54, 1.807) is 0 Å². The average molecular weight is 307 g/mol. The van der Waals surface area contributed by atoms with Gasteiger partial charge in [-0.3, -0.25) is 4.79 Å². The Morgan fingerprint density at radius 2 is 2.17 bits per heavy atom. The normalized spacial score (nSPS) is 10.6. The molecule has 2 aromatic rings. The van der Waals surface area contributed by atoms with E-state index in [4.69, 9.17) is 0 Å². The first-order chi connectivity index (χ1) is 8.49. The fourth-order valence-corrected chi connectivity index (χ4v) is 2.02. The van der Waals surface area contributed by atoms with Crippen LogP contribution in [0.15, 0.2) is 29.3 Å². The van der Waals surface area contributed by atoms with Gasteiger partial charge in [-0.15, -0.1) is 0 Å². The summed E-state index contributed by atoms with van der Waals surface area (Å²) in [6.45, 7) is 8.20. The number of benzene rings is 1. The highest BCUT2D eigenvalue weighted by Crippen LogP contribution is 2.22. The van der Waals surface area contributed by atoms with Gasteiger partial charge < -0.3 is 10.3 Å². The number of aromatic nitrogens is 1. The van der Waals surface area contributed by atoms with Gasteiger partial charge >= 0.3 is 0 Å². The van der Waals surface area contributed by atoms with E-state index in [0.29, 0.717) is 12.1 Å². The van der Waals surface area contributed by atoms with Gasteiger partial charge in [0.05, 0.1) is 0 Å². The minimum atomic E-state index is -0.0873. The summed E-state index contributed by atoms with van der Waals surface area (Å²) >= 11 is 3.22. The molecule has 0 unspecified atom stereocenters. The zero-order valence-corrected chi connectivity index (χ0v) is 12.0. The van der Waals surface area contributed by atoms with Gasteiger partial charge in [0, 0.05) is 33.2 Å². The summed E-state index contributed by atoms with van der Waals surface area (Å²) in [6.07, 6.45) is 0. The lowest BCUT2D eigenvalue weighted by Crippen LogP contribution is -2.24. The molecule has 0 aliphatic carbocycles. The molecule has 0 radical (unpaired) electrons. The first-order valence-electron chi connectivity index (χ1n) is 5.69. The molecule has 0 aliphatic heterocycles. The number of aromatic amines is 1. The summed E-state index contributed by atoms with van der Waals surface area (Å²) in [5.74, 6) is -0.0873. The summed E-state index contributed by atoms with van der Waals surface area (Å²) in [4.78, 5) is 15.2. The quantitative estimate of drug-likeness (QED) is 0.896. The van der Waals surface area contributed by atoms with Crippen molar-refractivity contribution in [1.29, 1.82) is 0 Å². The van der Waals surface area contributed by atoms with Gasteiger partial charge in [0.25, 0.3) is 5.91 Å². The van der Waals surface area contributed by atoms with E-state index in [1.807, 2.05) is 25.1 Å². The number of hydrogen-bond acceptors (Lipinski definition) is 1. The average Bonchev–Trinajstić information content (AvgIpc) is 2.62. The van der Waals surface area contributed by atoms with Gasteiger partial charge in [-0.25, -0.2) is 0 Å². The molecule has 1 amide bonds. The highest BCUT2D eigenvalue weighted by atomic mass is 79.9. The van der Waals surface area contributed by atoms with Crippen molar-refractivity contribution < 1.29 is 4.79 Å². The van der Waals surface area contributed by atoms with Gasteiger partial charge in [-0.2, -0.15) is 0 Å². The molecular weight excluding hydrogens is 292 g/mol. The Morgan fingerprint density at radius 3 is 2.83 bits per heavy atom. The van der Waals surface area contributed by atoms with E-state index in [2.05, 4.69) is 39.7 Å². The van der Waals surface area contributed by atoms with Crippen LogP contribution < -0.4 is 5.32 Å². The molecule has 0 fully saturated rings. The predicted molar refractivity (Wildman–Crippen MR) is 78.2 cm³/mol. The summed E-state index contributed by atoms with van der Waals surface area (Å²) in [5, 5.41) is 3.89. The Labute approximate surface area is 114 Å². The Balaban J connectivity index is 2.32. The number of nitrogens with one attached hydrogen (secondary N) is 2. The summed E-state index contributed by atoms with van der Waals surface area (Å²) in [6, 6.07) is 5.68. The van der Waals surface area contributed by atoms with Crippen LogP contribution in [0.2, 0.25) is 0 Å². The lowest BCUT2D eigenvalue weighted by molar-refractivity contribution is 0.0958. The molecule has 1 aromatic carbocycles. The SMILES string of the molecule is C=C(Br)CNC(=O)c1ccc2[nH]c(C)c(C)c2c1. The number of hydrogen-bond donors (Lipinski definition) is 2. The number of carbonyl (C=O) groups excluding carboxylic acids is 1. The van der Waals surface area contributed by atoms with Gasteiger partial charge in [-0.05, 0) is 37.6 Å². The highest BCUT2D eigenvalue weighted by Gasteiger charge is 2.09. The Hall–Kier alpha value is -1.55. The minimum absolute atomic E-state index is 0.0873. The molecule has 1 aromatic heterocycles.